The largest absolute Gasteiger partial charge is 0.465 e. The van der Waals surface area contributed by atoms with E-state index in [9.17, 15) is 4.79 Å². The van der Waals surface area contributed by atoms with Gasteiger partial charge in [0.2, 0.25) is 0 Å². The van der Waals surface area contributed by atoms with Crippen LogP contribution in [0.25, 0.3) is 0 Å². The van der Waals surface area contributed by atoms with E-state index in [2.05, 4.69) is 16.2 Å². The highest BCUT2D eigenvalue weighted by Crippen LogP contribution is 2.14. The second kappa shape index (κ2) is 2.84. The predicted octanol–water partition coefficient (Wildman–Crippen LogP) is 1.44. The molecule has 0 unspecified atom stereocenters. The smallest absolute Gasteiger partial charge is 0.348 e. The minimum absolute atomic E-state index is 0.306. The molecular formula is C7H6O2S. The zero-order chi connectivity index (χ0) is 7.56. The maximum absolute atomic E-state index is 10.8. The monoisotopic (exact) mass is 154 g/mol. The van der Waals surface area contributed by atoms with E-state index in [0.29, 0.717) is 4.88 Å². The van der Waals surface area contributed by atoms with Gasteiger partial charge < -0.3 is 4.74 Å². The van der Waals surface area contributed by atoms with Gasteiger partial charge >= 0.3 is 5.97 Å². The van der Waals surface area contributed by atoms with Gasteiger partial charge in [-0.2, -0.15) is 0 Å². The first-order valence-electron chi connectivity index (χ1n) is 2.72. The average molecular weight is 154 g/mol. The highest BCUT2D eigenvalue weighted by molar-refractivity contribution is 7.11. The molecule has 2 radical (unpaired) electrons. The molecule has 2 nitrogen and oxygen atoms in total. The van der Waals surface area contributed by atoms with Crippen LogP contribution >= 0.6 is 11.3 Å². The van der Waals surface area contributed by atoms with Crippen LogP contribution in [-0.4, -0.2) is 13.1 Å². The maximum atomic E-state index is 10.8. The first-order valence-corrected chi connectivity index (χ1v) is 3.54. The molecule has 0 aliphatic rings. The van der Waals surface area contributed by atoms with E-state index in [0.717, 1.165) is 5.56 Å². The van der Waals surface area contributed by atoms with Crippen molar-refractivity contribution in [2.75, 3.05) is 7.11 Å². The number of ether oxygens (including phenoxy) is 1. The fourth-order valence-electron chi connectivity index (χ4n) is 0.574. The first kappa shape index (κ1) is 7.28. The SMILES string of the molecule is COC(=O)c1s[c][c]c1C. The summed E-state index contributed by atoms with van der Waals surface area (Å²) < 4.78 is 4.51. The molecule has 0 bridgehead atoms. The van der Waals surface area contributed by atoms with Gasteiger partial charge in [-0.15, -0.1) is 11.3 Å². The zero-order valence-corrected chi connectivity index (χ0v) is 6.54. The number of methoxy groups -OCH3 is 1. The number of thiophene rings is 1. The molecule has 1 rings (SSSR count). The van der Waals surface area contributed by atoms with Gasteiger partial charge in [-0.25, -0.2) is 4.79 Å². The van der Waals surface area contributed by atoms with Crippen molar-refractivity contribution in [2.45, 2.75) is 6.92 Å². The fraction of sp³-hybridized carbons (Fsp3) is 0.286. The van der Waals surface area contributed by atoms with Gasteiger partial charge in [-0.05, 0) is 12.5 Å². The third-order valence-corrected chi connectivity index (χ3v) is 1.98. The summed E-state index contributed by atoms with van der Waals surface area (Å²) >= 11 is 1.23. The van der Waals surface area contributed by atoms with Crippen molar-refractivity contribution in [3.63, 3.8) is 0 Å². The summed E-state index contributed by atoms with van der Waals surface area (Å²) in [4.78, 5) is 11.4. The van der Waals surface area contributed by atoms with Crippen molar-refractivity contribution >= 4 is 17.3 Å². The molecule has 1 heterocycles. The Hall–Kier alpha value is -0.830. The topological polar surface area (TPSA) is 26.3 Å². The van der Waals surface area contributed by atoms with Crippen LogP contribution in [-0.2, 0) is 4.74 Å². The molecule has 0 aliphatic carbocycles. The van der Waals surface area contributed by atoms with Crippen LogP contribution in [0.4, 0.5) is 0 Å². The molecule has 0 saturated carbocycles. The van der Waals surface area contributed by atoms with Crippen LogP contribution in [0.15, 0.2) is 0 Å². The number of carbonyl (C=O) groups excluding carboxylic acids is 1. The normalized spacial score (nSPS) is 9.40. The average Bonchev–Trinajstić information content (AvgIpc) is 2.34. The van der Waals surface area contributed by atoms with Gasteiger partial charge in [-0.1, -0.05) is 0 Å². The fourth-order valence-corrected chi connectivity index (χ4v) is 1.25. The standard InChI is InChI=1S/C7H6O2S/c1-5-3-4-10-6(5)7(8)9-2/h1-2H3. The molecular weight excluding hydrogens is 148 g/mol. The van der Waals surface area contributed by atoms with Crippen molar-refractivity contribution in [3.8, 4) is 0 Å². The number of aryl methyl sites for hydroxylation is 1. The molecule has 0 saturated heterocycles. The molecule has 52 valence electrons. The van der Waals surface area contributed by atoms with Crippen LogP contribution in [0, 0.1) is 18.4 Å². The Labute approximate surface area is 63.4 Å². The Bertz CT molecular complexity index is 240. The van der Waals surface area contributed by atoms with Crippen LogP contribution in [0.1, 0.15) is 15.2 Å². The zero-order valence-electron chi connectivity index (χ0n) is 5.72. The molecule has 1 aromatic heterocycles. The van der Waals surface area contributed by atoms with Crippen LogP contribution in [0.3, 0.4) is 0 Å². The summed E-state index contributed by atoms with van der Waals surface area (Å²) in [5, 5.41) is 2.73. The molecule has 0 aliphatic heterocycles. The van der Waals surface area contributed by atoms with E-state index in [1.165, 1.54) is 18.4 Å². The van der Waals surface area contributed by atoms with E-state index in [4.69, 9.17) is 0 Å². The van der Waals surface area contributed by atoms with Crippen LogP contribution < -0.4 is 0 Å². The number of hydrogen-bond acceptors (Lipinski definition) is 3. The second-order valence-electron chi connectivity index (χ2n) is 1.77. The minimum Gasteiger partial charge on any atom is -0.465 e. The molecule has 0 atom stereocenters. The predicted molar refractivity (Wildman–Crippen MR) is 38.1 cm³/mol. The first-order chi connectivity index (χ1) is 4.75. The summed E-state index contributed by atoms with van der Waals surface area (Å²) in [7, 11) is 1.36. The lowest BCUT2D eigenvalue weighted by Crippen LogP contribution is -1.99. The quantitative estimate of drug-likeness (QED) is 0.572. The van der Waals surface area contributed by atoms with Crippen molar-refractivity contribution in [1.82, 2.24) is 0 Å². The third kappa shape index (κ3) is 1.19. The van der Waals surface area contributed by atoms with E-state index in [-0.39, 0.29) is 5.97 Å². The van der Waals surface area contributed by atoms with E-state index >= 15 is 0 Å². The number of hydrogen-bond donors (Lipinski definition) is 0. The van der Waals surface area contributed by atoms with Gasteiger partial charge in [0.05, 0.1) is 12.5 Å². The minimum atomic E-state index is -0.306. The van der Waals surface area contributed by atoms with E-state index < -0.39 is 0 Å². The number of rotatable bonds is 1. The molecule has 0 fully saturated rings. The summed E-state index contributed by atoms with van der Waals surface area (Å²) in [6.45, 7) is 1.80. The molecule has 0 amide bonds. The molecule has 0 spiro atoms. The maximum Gasteiger partial charge on any atom is 0.348 e. The van der Waals surface area contributed by atoms with E-state index in [1.54, 1.807) is 6.92 Å². The Balaban J connectivity index is 2.93. The molecule has 3 heteroatoms. The number of esters is 1. The lowest BCUT2D eigenvalue weighted by atomic mass is 10.3. The van der Waals surface area contributed by atoms with Crippen molar-refractivity contribution in [1.29, 1.82) is 0 Å². The summed E-state index contributed by atoms with van der Waals surface area (Å²) in [6, 6.07) is 2.78. The summed E-state index contributed by atoms with van der Waals surface area (Å²) in [6.07, 6.45) is 0. The Morgan fingerprint density at radius 2 is 2.40 bits per heavy atom. The van der Waals surface area contributed by atoms with Gasteiger partial charge in [0.15, 0.2) is 0 Å². The Kier molecular flexibility index (Phi) is 2.06. The summed E-state index contributed by atoms with van der Waals surface area (Å²) in [5.74, 6) is -0.306. The van der Waals surface area contributed by atoms with Crippen LogP contribution in [0.5, 0.6) is 0 Å². The van der Waals surface area contributed by atoms with Gasteiger partial charge in [0, 0.05) is 6.07 Å². The van der Waals surface area contributed by atoms with E-state index in [1.807, 2.05) is 0 Å². The molecule has 10 heavy (non-hydrogen) atoms. The van der Waals surface area contributed by atoms with Gasteiger partial charge in [0.1, 0.15) is 4.88 Å². The Morgan fingerprint density at radius 1 is 1.70 bits per heavy atom. The lowest BCUT2D eigenvalue weighted by molar-refractivity contribution is 0.0605. The van der Waals surface area contributed by atoms with Gasteiger partial charge in [0.25, 0.3) is 0 Å². The number of carbonyl (C=O) groups is 1. The molecule has 1 aromatic rings. The highest BCUT2D eigenvalue weighted by Gasteiger charge is 2.09. The van der Waals surface area contributed by atoms with Crippen molar-refractivity contribution in [3.05, 3.63) is 21.9 Å². The molecule has 0 aromatic carbocycles. The second-order valence-corrected chi connectivity index (χ2v) is 2.59. The highest BCUT2D eigenvalue weighted by atomic mass is 32.1. The van der Waals surface area contributed by atoms with Crippen molar-refractivity contribution in [2.24, 2.45) is 0 Å². The molecule has 0 N–H and O–H groups in total. The van der Waals surface area contributed by atoms with Gasteiger partial charge in [-0.3, -0.25) is 0 Å². The third-order valence-electron chi connectivity index (χ3n) is 1.10. The lowest BCUT2D eigenvalue weighted by Gasteiger charge is -1.93. The Morgan fingerprint density at radius 3 is 2.80 bits per heavy atom. The van der Waals surface area contributed by atoms with Crippen molar-refractivity contribution < 1.29 is 9.53 Å². The van der Waals surface area contributed by atoms with Crippen LogP contribution in [0.2, 0.25) is 0 Å². The summed E-state index contributed by atoms with van der Waals surface area (Å²) in [5.41, 5.74) is 0.803.